The summed E-state index contributed by atoms with van der Waals surface area (Å²) in [6.45, 7) is 6.88. The first-order valence-corrected chi connectivity index (χ1v) is 9.25. The van der Waals surface area contributed by atoms with Crippen LogP contribution in [0.5, 0.6) is 0 Å². The first-order valence-electron chi connectivity index (χ1n) is 9.25. The number of carbonyl (C=O) groups is 2. The van der Waals surface area contributed by atoms with E-state index in [0.717, 1.165) is 31.2 Å². The van der Waals surface area contributed by atoms with Crippen LogP contribution in [0.15, 0.2) is 30.3 Å². The third-order valence-corrected chi connectivity index (χ3v) is 5.01. The van der Waals surface area contributed by atoms with Gasteiger partial charge in [0, 0.05) is 19.0 Å². The minimum atomic E-state index is -0.221. The summed E-state index contributed by atoms with van der Waals surface area (Å²) >= 11 is 0. The van der Waals surface area contributed by atoms with E-state index in [1.807, 2.05) is 23.1 Å². The summed E-state index contributed by atoms with van der Waals surface area (Å²) in [5.74, 6) is -0.0871. The van der Waals surface area contributed by atoms with Gasteiger partial charge in [0.1, 0.15) is 0 Å². The normalized spacial score (nSPS) is 18.9. The SMILES string of the molecule is CCCC(NC(=O)C1CC(=O)N(C(CC)CC)C1)c1ccccc1. The van der Waals surface area contributed by atoms with Crippen molar-refractivity contribution in [1.29, 1.82) is 0 Å². The van der Waals surface area contributed by atoms with Crippen molar-refractivity contribution in [2.45, 2.75) is 65.0 Å². The lowest BCUT2D eigenvalue weighted by Gasteiger charge is -2.26. The van der Waals surface area contributed by atoms with E-state index < -0.39 is 0 Å². The zero-order valence-corrected chi connectivity index (χ0v) is 15.1. The molecule has 2 rings (SSSR count). The molecule has 1 aromatic carbocycles. The number of likely N-dealkylation sites (tertiary alicyclic amines) is 1. The number of nitrogens with zero attached hydrogens (tertiary/aromatic N) is 1. The van der Waals surface area contributed by atoms with Crippen molar-refractivity contribution >= 4 is 11.8 Å². The molecule has 0 aromatic heterocycles. The van der Waals surface area contributed by atoms with Crippen LogP contribution >= 0.6 is 0 Å². The van der Waals surface area contributed by atoms with E-state index in [1.54, 1.807) is 0 Å². The number of amides is 2. The maximum absolute atomic E-state index is 12.7. The van der Waals surface area contributed by atoms with Gasteiger partial charge < -0.3 is 10.2 Å². The maximum Gasteiger partial charge on any atom is 0.225 e. The molecular formula is C20H30N2O2. The summed E-state index contributed by atoms with van der Waals surface area (Å²) in [7, 11) is 0. The Bertz CT molecular complexity index is 540. The molecule has 2 atom stereocenters. The minimum Gasteiger partial charge on any atom is -0.349 e. The van der Waals surface area contributed by atoms with Gasteiger partial charge in [0.2, 0.25) is 11.8 Å². The second kappa shape index (κ2) is 8.86. The Morgan fingerprint density at radius 3 is 2.46 bits per heavy atom. The smallest absolute Gasteiger partial charge is 0.225 e. The second-order valence-corrected chi connectivity index (χ2v) is 6.68. The van der Waals surface area contributed by atoms with Crippen LogP contribution in [-0.4, -0.2) is 29.3 Å². The molecule has 2 amide bonds. The first-order chi connectivity index (χ1) is 11.6. The van der Waals surface area contributed by atoms with Gasteiger partial charge in [-0.15, -0.1) is 0 Å². The van der Waals surface area contributed by atoms with E-state index >= 15 is 0 Å². The van der Waals surface area contributed by atoms with Gasteiger partial charge in [-0.3, -0.25) is 9.59 Å². The zero-order valence-electron chi connectivity index (χ0n) is 15.1. The number of hydrogen-bond donors (Lipinski definition) is 1. The lowest BCUT2D eigenvalue weighted by Crippen LogP contribution is -2.38. The molecular weight excluding hydrogens is 300 g/mol. The van der Waals surface area contributed by atoms with Crippen molar-refractivity contribution in [3.63, 3.8) is 0 Å². The molecule has 1 saturated heterocycles. The lowest BCUT2D eigenvalue weighted by molar-refractivity contribution is -0.130. The van der Waals surface area contributed by atoms with E-state index in [0.29, 0.717) is 13.0 Å². The molecule has 1 aliphatic rings. The van der Waals surface area contributed by atoms with Crippen LogP contribution in [0.3, 0.4) is 0 Å². The quantitative estimate of drug-likeness (QED) is 0.790. The Labute approximate surface area is 145 Å². The van der Waals surface area contributed by atoms with Crippen LogP contribution in [0.4, 0.5) is 0 Å². The fourth-order valence-corrected chi connectivity index (χ4v) is 3.58. The van der Waals surface area contributed by atoms with E-state index in [2.05, 4.69) is 38.2 Å². The van der Waals surface area contributed by atoms with Crippen molar-refractivity contribution in [1.82, 2.24) is 10.2 Å². The molecule has 4 nitrogen and oxygen atoms in total. The van der Waals surface area contributed by atoms with E-state index in [-0.39, 0.29) is 29.8 Å². The van der Waals surface area contributed by atoms with Crippen LogP contribution in [-0.2, 0) is 9.59 Å². The molecule has 2 unspecified atom stereocenters. The first kappa shape index (κ1) is 18.5. The zero-order chi connectivity index (χ0) is 17.5. The molecule has 1 aromatic rings. The molecule has 0 aliphatic carbocycles. The number of nitrogens with one attached hydrogen (secondary N) is 1. The average molecular weight is 330 g/mol. The Hall–Kier alpha value is -1.84. The summed E-state index contributed by atoms with van der Waals surface area (Å²) in [4.78, 5) is 26.9. The summed E-state index contributed by atoms with van der Waals surface area (Å²) in [6, 6.07) is 10.4. The third kappa shape index (κ3) is 4.37. The second-order valence-electron chi connectivity index (χ2n) is 6.68. The van der Waals surface area contributed by atoms with Crippen LogP contribution in [0.2, 0.25) is 0 Å². The number of hydrogen-bond acceptors (Lipinski definition) is 2. The molecule has 1 fully saturated rings. The highest BCUT2D eigenvalue weighted by atomic mass is 16.2. The topological polar surface area (TPSA) is 49.4 Å². The van der Waals surface area contributed by atoms with E-state index in [1.165, 1.54) is 0 Å². The molecule has 4 heteroatoms. The molecule has 1 heterocycles. The number of benzene rings is 1. The van der Waals surface area contributed by atoms with Crippen molar-refractivity contribution in [2.75, 3.05) is 6.54 Å². The Balaban J connectivity index is 2.02. The van der Waals surface area contributed by atoms with E-state index in [9.17, 15) is 9.59 Å². The predicted octanol–water partition coefficient (Wildman–Crippen LogP) is 3.68. The summed E-state index contributed by atoms with van der Waals surface area (Å²) in [5, 5.41) is 3.17. The molecule has 1 aliphatic heterocycles. The van der Waals surface area contributed by atoms with Crippen LogP contribution < -0.4 is 5.32 Å². The van der Waals surface area contributed by atoms with Gasteiger partial charge in [-0.2, -0.15) is 0 Å². The summed E-state index contributed by atoms with van der Waals surface area (Å²) in [5.41, 5.74) is 1.13. The number of carbonyl (C=O) groups excluding carboxylic acids is 2. The van der Waals surface area contributed by atoms with E-state index in [4.69, 9.17) is 0 Å². The fourth-order valence-electron chi connectivity index (χ4n) is 3.58. The highest BCUT2D eigenvalue weighted by Gasteiger charge is 2.37. The maximum atomic E-state index is 12.7. The minimum absolute atomic E-state index is 0.0131. The van der Waals surface area contributed by atoms with Gasteiger partial charge in [-0.25, -0.2) is 0 Å². The average Bonchev–Trinajstić information content (AvgIpc) is 2.98. The third-order valence-electron chi connectivity index (χ3n) is 5.01. The van der Waals surface area contributed by atoms with Gasteiger partial charge in [0.05, 0.1) is 12.0 Å². The molecule has 0 bridgehead atoms. The van der Waals surface area contributed by atoms with Crippen LogP contribution in [0.1, 0.15) is 64.5 Å². The summed E-state index contributed by atoms with van der Waals surface area (Å²) < 4.78 is 0. The molecule has 0 spiro atoms. The van der Waals surface area contributed by atoms with Crippen LogP contribution in [0.25, 0.3) is 0 Å². The van der Waals surface area contributed by atoms with Crippen molar-refractivity contribution in [3.05, 3.63) is 35.9 Å². The van der Waals surface area contributed by atoms with Gasteiger partial charge in [-0.05, 0) is 24.8 Å². The molecule has 0 radical (unpaired) electrons. The largest absolute Gasteiger partial charge is 0.349 e. The number of rotatable bonds is 8. The standard InChI is InChI=1S/C20H30N2O2/c1-4-10-18(15-11-8-7-9-12-15)21-20(24)16-13-19(23)22(14-16)17(5-2)6-3/h7-9,11-12,16-18H,4-6,10,13-14H2,1-3H3,(H,21,24). The molecule has 24 heavy (non-hydrogen) atoms. The van der Waals surface area contributed by atoms with Crippen molar-refractivity contribution in [2.24, 2.45) is 5.92 Å². The monoisotopic (exact) mass is 330 g/mol. The molecule has 1 N–H and O–H groups in total. The Kier molecular flexibility index (Phi) is 6.83. The Morgan fingerprint density at radius 1 is 1.21 bits per heavy atom. The van der Waals surface area contributed by atoms with Crippen molar-refractivity contribution in [3.8, 4) is 0 Å². The van der Waals surface area contributed by atoms with Gasteiger partial charge in [0.25, 0.3) is 0 Å². The highest BCUT2D eigenvalue weighted by Crippen LogP contribution is 2.25. The summed E-state index contributed by atoms with van der Waals surface area (Å²) in [6.07, 6.45) is 4.14. The molecule has 0 saturated carbocycles. The predicted molar refractivity (Wildman–Crippen MR) is 96.4 cm³/mol. The van der Waals surface area contributed by atoms with Crippen LogP contribution in [0, 0.1) is 5.92 Å². The lowest BCUT2D eigenvalue weighted by atomic mass is 10.0. The molecule has 132 valence electrons. The highest BCUT2D eigenvalue weighted by molar-refractivity contribution is 5.89. The Morgan fingerprint density at radius 2 is 1.88 bits per heavy atom. The van der Waals surface area contributed by atoms with Gasteiger partial charge in [-0.1, -0.05) is 57.5 Å². The van der Waals surface area contributed by atoms with Crippen molar-refractivity contribution < 1.29 is 9.59 Å². The van der Waals surface area contributed by atoms with Gasteiger partial charge in [0.15, 0.2) is 0 Å². The fraction of sp³-hybridized carbons (Fsp3) is 0.600. The van der Waals surface area contributed by atoms with Gasteiger partial charge >= 0.3 is 0 Å².